The molecule has 0 heterocycles. The number of anilines is 1. The average molecular weight is 296 g/mol. The molecule has 4 heteroatoms. The first kappa shape index (κ1) is 14.8. The van der Waals surface area contributed by atoms with Crippen molar-refractivity contribution in [2.24, 2.45) is 0 Å². The minimum atomic E-state index is -0.672. The Morgan fingerprint density at radius 1 is 1.15 bits per heavy atom. The number of benzene rings is 2. The Balaban J connectivity index is 2.15. The molecule has 0 radical (unpaired) electrons. The maximum absolute atomic E-state index is 13.8. The zero-order valence-corrected chi connectivity index (χ0v) is 11.9. The molecule has 0 saturated heterocycles. The van der Waals surface area contributed by atoms with Crippen LogP contribution >= 0.6 is 11.6 Å². The second-order valence-corrected chi connectivity index (χ2v) is 5.09. The van der Waals surface area contributed by atoms with Crippen LogP contribution in [0.2, 0.25) is 5.02 Å². The van der Waals surface area contributed by atoms with Gasteiger partial charge in [-0.1, -0.05) is 48.9 Å². The van der Waals surface area contributed by atoms with Crippen molar-refractivity contribution in [3.63, 3.8) is 0 Å². The van der Waals surface area contributed by atoms with Crippen LogP contribution in [0.15, 0.2) is 42.5 Å². The summed E-state index contributed by atoms with van der Waals surface area (Å²) in [4.78, 5) is 0. The molecule has 0 spiro atoms. The van der Waals surface area contributed by atoms with Gasteiger partial charge in [0.15, 0.2) is 5.82 Å². The van der Waals surface area contributed by atoms with Gasteiger partial charge in [-0.15, -0.1) is 0 Å². The first-order valence-electron chi connectivity index (χ1n) is 6.55. The lowest BCUT2D eigenvalue weighted by Gasteiger charge is -2.20. The molecule has 0 aliphatic rings. The average Bonchev–Trinajstić information content (AvgIpc) is 2.42. The third kappa shape index (κ3) is 3.70. The third-order valence-electron chi connectivity index (χ3n) is 3.17. The fraction of sp³-hybridized carbons (Fsp3) is 0.250. The molecule has 1 atom stereocenters. The second kappa shape index (κ2) is 6.71. The van der Waals surface area contributed by atoms with E-state index in [4.69, 9.17) is 11.6 Å². The molecule has 0 saturated carbocycles. The minimum absolute atomic E-state index is 0.0369. The smallest absolute Gasteiger partial charge is 0.150 e. The van der Waals surface area contributed by atoms with Crippen LogP contribution in [0.5, 0.6) is 0 Å². The Morgan fingerprint density at radius 2 is 1.85 bits per heavy atom. The second-order valence-electron chi connectivity index (χ2n) is 4.68. The van der Waals surface area contributed by atoms with Crippen LogP contribution in [-0.2, 0) is 6.42 Å². The van der Waals surface area contributed by atoms with E-state index in [1.165, 1.54) is 0 Å². The van der Waals surface area contributed by atoms with Gasteiger partial charge in [-0.2, -0.15) is 0 Å². The van der Waals surface area contributed by atoms with Crippen LogP contribution in [-0.4, -0.2) is 6.04 Å². The molecule has 20 heavy (non-hydrogen) atoms. The van der Waals surface area contributed by atoms with E-state index in [1.54, 1.807) is 0 Å². The zero-order chi connectivity index (χ0) is 14.5. The van der Waals surface area contributed by atoms with Gasteiger partial charge in [0.05, 0.1) is 10.7 Å². The topological polar surface area (TPSA) is 12.0 Å². The molecule has 1 unspecified atom stereocenters. The van der Waals surface area contributed by atoms with E-state index in [9.17, 15) is 8.78 Å². The van der Waals surface area contributed by atoms with Crippen molar-refractivity contribution in [2.45, 2.75) is 25.8 Å². The van der Waals surface area contributed by atoms with Gasteiger partial charge in [0.2, 0.25) is 0 Å². The summed E-state index contributed by atoms with van der Waals surface area (Å²) in [7, 11) is 0. The molecule has 106 valence electrons. The zero-order valence-electron chi connectivity index (χ0n) is 11.2. The van der Waals surface area contributed by atoms with Crippen molar-refractivity contribution in [1.82, 2.24) is 0 Å². The van der Waals surface area contributed by atoms with Gasteiger partial charge in [-0.3, -0.25) is 0 Å². The summed E-state index contributed by atoms with van der Waals surface area (Å²) in [6, 6.07) is 11.9. The quantitative estimate of drug-likeness (QED) is 0.814. The van der Waals surface area contributed by atoms with Gasteiger partial charge in [-0.05, 0) is 24.5 Å². The fourth-order valence-corrected chi connectivity index (χ4v) is 2.33. The van der Waals surface area contributed by atoms with E-state index in [0.717, 1.165) is 30.5 Å². The first-order chi connectivity index (χ1) is 9.60. The molecule has 2 rings (SSSR count). The molecule has 0 fully saturated rings. The summed E-state index contributed by atoms with van der Waals surface area (Å²) in [5.74, 6) is -1.34. The van der Waals surface area contributed by atoms with Gasteiger partial charge >= 0.3 is 0 Å². The largest absolute Gasteiger partial charge is 0.378 e. The van der Waals surface area contributed by atoms with Crippen molar-refractivity contribution in [3.8, 4) is 0 Å². The highest BCUT2D eigenvalue weighted by Gasteiger charge is 2.14. The van der Waals surface area contributed by atoms with E-state index in [2.05, 4.69) is 5.32 Å². The monoisotopic (exact) mass is 295 g/mol. The Kier molecular flexibility index (Phi) is 4.96. The van der Waals surface area contributed by atoms with Crippen LogP contribution in [0.3, 0.4) is 0 Å². The molecule has 0 aromatic heterocycles. The lowest BCUT2D eigenvalue weighted by molar-refractivity contribution is 0.581. The normalized spacial score (nSPS) is 12.2. The number of hydrogen-bond donors (Lipinski definition) is 1. The molecular weight excluding hydrogens is 280 g/mol. The maximum Gasteiger partial charge on any atom is 0.150 e. The molecule has 0 bridgehead atoms. The number of halogens is 3. The Labute approximate surface area is 122 Å². The highest BCUT2D eigenvalue weighted by atomic mass is 35.5. The van der Waals surface area contributed by atoms with Crippen molar-refractivity contribution in [1.29, 1.82) is 0 Å². The third-order valence-corrected chi connectivity index (χ3v) is 3.47. The van der Waals surface area contributed by atoms with E-state index in [0.29, 0.717) is 0 Å². The molecule has 2 aromatic rings. The highest BCUT2D eigenvalue weighted by molar-refractivity contribution is 6.33. The van der Waals surface area contributed by atoms with Gasteiger partial charge in [0.1, 0.15) is 5.82 Å². The molecule has 1 N–H and O–H groups in total. The molecule has 0 aliphatic carbocycles. The van der Waals surface area contributed by atoms with Crippen LogP contribution in [0.25, 0.3) is 0 Å². The van der Waals surface area contributed by atoms with Gasteiger partial charge < -0.3 is 5.32 Å². The molecular formula is C16H16ClF2N. The van der Waals surface area contributed by atoms with Gasteiger partial charge in [0.25, 0.3) is 0 Å². The predicted octanol–water partition coefficient (Wildman–Crippen LogP) is 5.05. The Morgan fingerprint density at radius 3 is 2.45 bits per heavy atom. The van der Waals surface area contributed by atoms with Gasteiger partial charge in [0, 0.05) is 12.1 Å². The molecule has 2 aromatic carbocycles. The van der Waals surface area contributed by atoms with Crippen molar-refractivity contribution < 1.29 is 8.78 Å². The van der Waals surface area contributed by atoms with Crippen LogP contribution < -0.4 is 5.32 Å². The van der Waals surface area contributed by atoms with E-state index in [-0.39, 0.29) is 16.8 Å². The predicted molar refractivity (Wildman–Crippen MR) is 79.2 cm³/mol. The van der Waals surface area contributed by atoms with E-state index in [1.807, 2.05) is 37.3 Å². The van der Waals surface area contributed by atoms with Gasteiger partial charge in [-0.25, -0.2) is 8.78 Å². The standard InChI is InChI=1S/C16H16ClF2N/c1-2-13(8-11-6-4-3-5-7-11)20-16-14(17)9-12(18)10-15(16)19/h3-7,9-10,13,20H,2,8H2,1H3. The highest BCUT2D eigenvalue weighted by Crippen LogP contribution is 2.27. The lowest BCUT2D eigenvalue weighted by Crippen LogP contribution is -2.22. The number of rotatable bonds is 5. The van der Waals surface area contributed by atoms with Crippen molar-refractivity contribution in [2.75, 3.05) is 5.32 Å². The van der Waals surface area contributed by atoms with E-state index < -0.39 is 11.6 Å². The maximum atomic E-state index is 13.8. The lowest BCUT2D eigenvalue weighted by atomic mass is 10.0. The number of hydrogen-bond acceptors (Lipinski definition) is 1. The van der Waals surface area contributed by atoms with Crippen LogP contribution in [0, 0.1) is 11.6 Å². The van der Waals surface area contributed by atoms with E-state index >= 15 is 0 Å². The first-order valence-corrected chi connectivity index (χ1v) is 6.93. The Hall–Kier alpha value is -1.61. The van der Waals surface area contributed by atoms with Crippen molar-refractivity contribution >= 4 is 17.3 Å². The molecule has 0 aliphatic heterocycles. The minimum Gasteiger partial charge on any atom is -0.378 e. The molecule has 0 amide bonds. The summed E-state index contributed by atoms with van der Waals surface area (Å²) in [6.07, 6.45) is 1.56. The summed E-state index contributed by atoms with van der Waals surface area (Å²) in [6.45, 7) is 2.01. The number of nitrogens with one attached hydrogen (secondary N) is 1. The summed E-state index contributed by atoms with van der Waals surface area (Å²) in [5.41, 5.74) is 1.32. The van der Waals surface area contributed by atoms with Crippen LogP contribution in [0.1, 0.15) is 18.9 Å². The van der Waals surface area contributed by atoms with Crippen molar-refractivity contribution in [3.05, 3.63) is 64.7 Å². The Bertz CT molecular complexity index is 549. The van der Waals surface area contributed by atoms with Crippen LogP contribution in [0.4, 0.5) is 14.5 Å². The summed E-state index contributed by atoms with van der Waals surface area (Å²) < 4.78 is 26.8. The summed E-state index contributed by atoms with van der Waals surface area (Å²) in [5, 5.41) is 3.13. The SMILES string of the molecule is CCC(Cc1ccccc1)Nc1c(F)cc(F)cc1Cl. The molecule has 1 nitrogen and oxygen atoms in total. The summed E-state index contributed by atoms with van der Waals surface area (Å²) >= 11 is 5.90. The fourth-order valence-electron chi connectivity index (χ4n) is 2.08.